The Morgan fingerprint density at radius 1 is 1.26 bits per heavy atom. The van der Waals surface area contributed by atoms with Crippen molar-refractivity contribution in [3.8, 4) is 15.4 Å². The van der Waals surface area contributed by atoms with Gasteiger partial charge >= 0.3 is 12.1 Å². The van der Waals surface area contributed by atoms with Crippen molar-refractivity contribution in [2.45, 2.75) is 26.4 Å². The third kappa shape index (κ3) is 4.39. The summed E-state index contributed by atoms with van der Waals surface area (Å²) in [5.41, 5.74) is 1.04. The van der Waals surface area contributed by atoms with Crippen LogP contribution in [0.15, 0.2) is 42.6 Å². The highest BCUT2D eigenvalue weighted by molar-refractivity contribution is 7.17. The van der Waals surface area contributed by atoms with Gasteiger partial charge in [-0.1, -0.05) is 29.8 Å². The van der Waals surface area contributed by atoms with Crippen LogP contribution in [0.1, 0.15) is 24.0 Å². The molecule has 8 heteroatoms. The summed E-state index contributed by atoms with van der Waals surface area (Å²) in [7, 11) is 0. The van der Waals surface area contributed by atoms with E-state index in [0.29, 0.717) is 5.00 Å². The predicted octanol–water partition coefficient (Wildman–Crippen LogP) is 5.03. The molecule has 1 aromatic carbocycles. The fourth-order valence-corrected chi connectivity index (χ4v) is 3.62. The van der Waals surface area contributed by atoms with Crippen molar-refractivity contribution < 1.29 is 22.7 Å². The number of hydrogen-bond acceptors (Lipinski definition) is 4. The Balaban J connectivity index is 2.00. The molecule has 0 amide bonds. The number of aryl methyl sites for hydroxylation is 1. The van der Waals surface area contributed by atoms with Gasteiger partial charge in [0.15, 0.2) is 5.69 Å². The van der Waals surface area contributed by atoms with Gasteiger partial charge in [0.05, 0.1) is 6.61 Å². The maximum absolute atomic E-state index is 13.1. The first-order valence-electron chi connectivity index (χ1n) is 8.26. The molecule has 0 atom stereocenters. The van der Waals surface area contributed by atoms with Gasteiger partial charge in [-0.25, -0.2) is 4.98 Å². The molecule has 0 fully saturated rings. The topological polar surface area (TPSA) is 44.1 Å². The number of aromatic nitrogens is 2. The van der Waals surface area contributed by atoms with Gasteiger partial charge in [0.1, 0.15) is 17.2 Å². The number of thiophene rings is 1. The average Bonchev–Trinajstić information content (AvgIpc) is 3.21. The van der Waals surface area contributed by atoms with Gasteiger partial charge in [-0.15, -0.1) is 11.3 Å². The average molecular weight is 394 g/mol. The van der Waals surface area contributed by atoms with Gasteiger partial charge in [-0.05, 0) is 31.5 Å². The lowest BCUT2D eigenvalue weighted by Gasteiger charge is -2.05. The normalized spacial score (nSPS) is 11.6. The first-order chi connectivity index (χ1) is 12.8. The van der Waals surface area contributed by atoms with E-state index in [9.17, 15) is 18.0 Å². The summed E-state index contributed by atoms with van der Waals surface area (Å²) in [5, 5.41) is 0.550. The fourth-order valence-electron chi connectivity index (χ4n) is 2.62. The number of imidazole rings is 1. The highest BCUT2D eigenvalue weighted by atomic mass is 32.1. The summed E-state index contributed by atoms with van der Waals surface area (Å²) in [6.45, 7) is 3.77. The van der Waals surface area contributed by atoms with Gasteiger partial charge in [0.25, 0.3) is 0 Å². The molecule has 0 saturated heterocycles. The van der Waals surface area contributed by atoms with Gasteiger partial charge in [0, 0.05) is 11.1 Å². The van der Waals surface area contributed by atoms with E-state index in [0.717, 1.165) is 22.2 Å². The molecular formula is C19H17F3N2O2S. The van der Waals surface area contributed by atoms with Gasteiger partial charge in [0.2, 0.25) is 0 Å². The number of benzene rings is 1. The molecular weight excluding hydrogens is 377 g/mol. The molecule has 0 bridgehead atoms. The zero-order chi connectivity index (χ0) is 19.6. The van der Waals surface area contributed by atoms with E-state index in [4.69, 9.17) is 4.74 Å². The summed E-state index contributed by atoms with van der Waals surface area (Å²) in [6, 6.07) is 11.4. The molecule has 0 N–H and O–H groups in total. The van der Waals surface area contributed by atoms with Crippen LogP contribution < -0.4 is 0 Å². The SMILES string of the molecule is CCOC(=O)Cc1nc(C(F)(F)F)cn1-c1ccc(-c2cccc(C)c2)s1. The smallest absolute Gasteiger partial charge is 0.434 e. The number of halogens is 3. The Kier molecular flexibility index (Phi) is 5.36. The van der Waals surface area contributed by atoms with Gasteiger partial charge < -0.3 is 4.74 Å². The van der Waals surface area contributed by atoms with Crippen LogP contribution in [0.4, 0.5) is 13.2 Å². The van der Waals surface area contributed by atoms with Crippen LogP contribution in [-0.2, 0) is 22.1 Å². The minimum atomic E-state index is -4.59. The zero-order valence-corrected chi connectivity index (χ0v) is 15.5. The van der Waals surface area contributed by atoms with E-state index >= 15 is 0 Å². The third-order valence-electron chi connectivity index (χ3n) is 3.81. The second-order valence-corrected chi connectivity index (χ2v) is 6.96. The highest BCUT2D eigenvalue weighted by Gasteiger charge is 2.35. The molecule has 0 radical (unpaired) electrons. The molecule has 2 heterocycles. The molecule has 0 saturated carbocycles. The van der Waals surface area contributed by atoms with Crippen LogP contribution in [0, 0.1) is 6.92 Å². The standard InChI is InChI=1S/C19H17F3N2O2S/c1-3-26-18(25)10-16-23-15(19(20,21)22)11-24(16)17-8-7-14(27-17)13-6-4-5-12(2)9-13/h4-9,11H,3,10H2,1-2H3. The second-order valence-electron chi connectivity index (χ2n) is 5.90. The van der Waals surface area contributed by atoms with Gasteiger partial charge in [-0.3, -0.25) is 9.36 Å². The molecule has 27 heavy (non-hydrogen) atoms. The van der Waals surface area contributed by atoms with Crippen LogP contribution in [0.2, 0.25) is 0 Å². The number of rotatable bonds is 5. The van der Waals surface area contributed by atoms with Crippen molar-refractivity contribution in [1.82, 2.24) is 9.55 Å². The Bertz CT molecular complexity index is 960. The van der Waals surface area contributed by atoms with Crippen molar-refractivity contribution in [2.75, 3.05) is 6.61 Å². The number of nitrogens with zero attached hydrogens (tertiary/aromatic N) is 2. The van der Waals surface area contributed by atoms with E-state index in [1.54, 1.807) is 13.0 Å². The van der Waals surface area contributed by atoms with Crippen LogP contribution in [-0.4, -0.2) is 22.1 Å². The summed E-state index contributed by atoms with van der Waals surface area (Å²) in [5.74, 6) is -0.619. The molecule has 3 rings (SSSR count). The van der Waals surface area contributed by atoms with Crippen LogP contribution in [0.25, 0.3) is 15.4 Å². The lowest BCUT2D eigenvalue weighted by Crippen LogP contribution is -2.11. The van der Waals surface area contributed by atoms with E-state index < -0.39 is 17.8 Å². The van der Waals surface area contributed by atoms with Crippen LogP contribution in [0.5, 0.6) is 0 Å². The first-order valence-corrected chi connectivity index (χ1v) is 9.08. The number of ether oxygens (including phenoxy) is 1. The Morgan fingerprint density at radius 2 is 2.04 bits per heavy atom. The van der Waals surface area contributed by atoms with E-state index in [1.807, 2.05) is 37.3 Å². The third-order valence-corrected chi connectivity index (χ3v) is 4.94. The van der Waals surface area contributed by atoms with E-state index in [2.05, 4.69) is 4.98 Å². The van der Waals surface area contributed by atoms with Crippen molar-refractivity contribution in [3.63, 3.8) is 0 Å². The zero-order valence-electron chi connectivity index (χ0n) is 14.7. The van der Waals surface area contributed by atoms with Crippen LogP contribution in [0.3, 0.4) is 0 Å². The number of carbonyl (C=O) groups excluding carboxylic acids is 1. The molecule has 0 aliphatic rings. The van der Waals surface area contributed by atoms with Crippen molar-refractivity contribution in [2.24, 2.45) is 0 Å². The number of alkyl halides is 3. The van der Waals surface area contributed by atoms with E-state index in [-0.39, 0.29) is 18.9 Å². The Morgan fingerprint density at radius 3 is 2.70 bits per heavy atom. The highest BCUT2D eigenvalue weighted by Crippen LogP contribution is 2.34. The second kappa shape index (κ2) is 7.56. The minimum Gasteiger partial charge on any atom is -0.466 e. The van der Waals surface area contributed by atoms with Crippen molar-refractivity contribution >= 4 is 17.3 Å². The lowest BCUT2D eigenvalue weighted by molar-refractivity contribution is -0.143. The molecule has 2 aromatic heterocycles. The summed E-state index contributed by atoms with van der Waals surface area (Å²) >= 11 is 1.33. The fraction of sp³-hybridized carbons (Fsp3) is 0.263. The largest absolute Gasteiger partial charge is 0.466 e. The maximum atomic E-state index is 13.1. The monoisotopic (exact) mass is 394 g/mol. The summed E-state index contributed by atoms with van der Waals surface area (Å²) in [6.07, 6.45) is -4.01. The molecule has 0 spiro atoms. The number of carbonyl (C=O) groups is 1. The molecule has 0 aliphatic carbocycles. The predicted molar refractivity (Wildman–Crippen MR) is 97.0 cm³/mol. The summed E-state index contributed by atoms with van der Waals surface area (Å²) in [4.78, 5) is 16.3. The summed E-state index contributed by atoms with van der Waals surface area (Å²) < 4.78 is 45.5. The Hall–Kier alpha value is -2.61. The van der Waals surface area contributed by atoms with Crippen molar-refractivity contribution in [1.29, 1.82) is 0 Å². The number of esters is 1. The molecule has 142 valence electrons. The quantitative estimate of drug-likeness (QED) is 0.570. The first kappa shape index (κ1) is 19.2. The van der Waals surface area contributed by atoms with E-state index in [1.165, 1.54) is 15.9 Å². The van der Waals surface area contributed by atoms with Gasteiger partial charge in [-0.2, -0.15) is 13.2 Å². The molecule has 0 unspecified atom stereocenters. The van der Waals surface area contributed by atoms with Crippen LogP contribution >= 0.6 is 11.3 Å². The van der Waals surface area contributed by atoms with Crippen molar-refractivity contribution in [3.05, 3.63) is 59.7 Å². The Labute approximate surface area is 158 Å². The minimum absolute atomic E-state index is 0.00147. The molecule has 4 nitrogen and oxygen atoms in total. The maximum Gasteiger partial charge on any atom is 0.434 e. The molecule has 0 aliphatic heterocycles. The lowest BCUT2D eigenvalue weighted by atomic mass is 10.1. The molecule has 3 aromatic rings. The number of hydrogen-bond donors (Lipinski definition) is 0.